The molecule has 0 bridgehead atoms. The number of nitrogens with zero attached hydrogens (tertiary/aromatic N) is 1. The van der Waals surface area contributed by atoms with Gasteiger partial charge in [-0.2, -0.15) is 0 Å². The van der Waals surface area contributed by atoms with E-state index >= 15 is 0 Å². The Morgan fingerprint density at radius 3 is 2.12 bits per heavy atom. The second-order valence-electron chi connectivity index (χ2n) is 6.74. The van der Waals surface area contributed by atoms with Crippen LogP contribution >= 0.6 is 0 Å². The molecule has 0 unspecified atom stereocenters. The van der Waals surface area contributed by atoms with Gasteiger partial charge in [0, 0.05) is 6.20 Å². The summed E-state index contributed by atoms with van der Waals surface area (Å²) in [6.45, 7) is 8.33. The Hall–Kier alpha value is -2.59. The van der Waals surface area contributed by atoms with Gasteiger partial charge in [-0.3, -0.25) is 4.31 Å². The average molecular weight is 365 g/mol. The predicted octanol–water partition coefficient (Wildman–Crippen LogP) is 4.85. The van der Waals surface area contributed by atoms with Crippen LogP contribution in [0.3, 0.4) is 0 Å². The van der Waals surface area contributed by atoms with Crippen molar-refractivity contribution in [2.75, 3.05) is 6.54 Å². The van der Waals surface area contributed by atoms with Gasteiger partial charge in [0.05, 0.1) is 11.4 Å². The summed E-state index contributed by atoms with van der Waals surface area (Å²) in [5.74, 6) is 0. The van der Waals surface area contributed by atoms with Gasteiger partial charge in [-0.25, -0.2) is 8.42 Å². The Labute approximate surface area is 156 Å². The van der Waals surface area contributed by atoms with E-state index in [1.54, 1.807) is 18.3 Å². The Kier molecular flexibility index (Phi) is 5.14. The van der Waals surface area contributed by atoms with Crippen molar-refractivity contribution in [1.82, 2.24) is 4.31 Å². The molecule has 0 fully saturated rings. The average Bonchev–Trinajstić information content (AvgIpc) is 2.61. The van der Waals surface area contributed by atoms with Crippen molar-refractivity contribution in [3.05, 3.63) is 95.2 Å². The number of sulfonamides is 1. The Balaban J connectivity index is 1.88. The minimum atomic E-state index is -3.57. The molecule has 2 aromatic rings. The van der Waals surface area contributed by atoms with Gasteiger partial charge in [0.25, 0.3) is 10.0 Å². The molecule has 26 heavy (non-hydrogen) atoms. The molecule has 0 saturated heterocycles. The second kappa shape index (κ2) is 7.34. The Bertz CT molecular complexity index is 966. The second-order valence-corrected chi connectivity index (χ2v) is 8.63. The fourth-order valence-corrected chi connectivity index (χ4v) is 4.20. The summed E-state index contributed by atoms with van der Waals surface area (Å²) < 4.78 is 27.2. The summed E-state index contributed by atoms with van der Waals surface area (Å²) in [7, 11) is -3.57. The molecule has 0 aromatic heterocycles. The number of benzene rings is 2. The van der Waals surface area contributed by atoms with Crippen molar-refractivity contribution in [3.63, 3.8) is 0 Å². The third-order valence-electron chi connectivity index (χ3n) is 4.34. The van der Waals surface area contributed by atoms with Crippen LogP contribution in [0.5, 0.6) is 0 Å². The van der Waals surface area contributed by atoms with Crippen LogP contribution in [0.25, 0.3) is 6.08 Å². The normalized spacial score (nSPS) is 15.4. The number of aryl methyl sites for hydroxylation is 2. The minimum Gasteiger partial charge on any atom is -0.269 e. The molecular weight excluding hydrogens is 342 g/mol. The van der Waals surface area contributed by atoms with Gasteiger partial charge in [-0.1, -0.05) is 71.8 Å². The summed E-state index contributed by atoms with van der Waals surface area (Å²) in [5, 5.41) is 0. The molecule has 1 aliphatic rings. The first kappa shape index (κ1) is 18.2. The minimum absolute atomic E-state index is 0.302. The van der Waals surface area contributed by atoms with E-state index in [0.717, 1.165) is 22.3 Å². The Morgan fingerprint density at radius 2 is 1.50 bits per heavy atom. The maximum absolute atomic E-state index is 12.9. The zero-order valence-electron chi connectivity index (χ0n) is 15.1. The largest absolute Gasteiger partial charge is 0.269 e. The lowest BCUT2D eigenvalue weighted by molar-refractivity contribution is 0.506. The van der Waals surface area contributed by atoms with Gasteiger partial charge < -0.3 is 0 Å². The van der Waals surface area contributed by atoms with Crippen LogP contribution in [0, 0.1) is 13.8 Å². The van der Waals surface area contributed by atoms with E-state index in [1.807, 2.05) is 43.3 Å². The standard InChI is InChI=1S/C22H23NO2S/c1-17-4-8-20(9-5-17)10-11-21-14-19(3)15-23(16-21)26(24,25)22-12-6-18(2)7-13-22/h4-13,16H,3,14-15H2,1-2H3/b11-10+. The molecule has 0 amide bonds. The van der Waals surface area contributed by atoms with Crippen LogP contribution in [-0.4, -0.2) is 19.3 Å². The van der Waals surface area contributed by atoms with E-state index in [1.165, 1.54) is 9.87 Å². The predicted molar refractivity (Wildman–Crippen MR) is 107 cm³/mol. The van der Waals surface area contributed by atoms with Crippen LogP contribution in [0.15, 0.2) is 83.4 Å². The van der Waals surface area contributed by atoms with E-state index in [-0.39, 0.29) is 0 Å². The third-order valence-corrected chi connectivity index (χ3v) is 6.06. The van der Waals surface area contributed by atoms with E-state index in [9.17, 15) is 8.42 Å². The zero-order valence-corrected chi connectivity index (χ0v) is 16.0. The summed E-state index contributed by atoms with van der Waals surface area (Å²) in [6, 6.07) is 15.1. The molecule has 0 atom stereocenters. The zero-order chi connectivity index (χ0) is 18.7. The summed E-state index contributed by atoms with van der Waals surface area (Å²) in [5.41, 5.74) is 5.14. The molecule has 0 N–H and O–H groups in total. The molecule has 3 rings (SSSR count). The van der Waals surface area contributed by atoms with Gasteiger partial charge in [-0.05, 0) is 43.5 Å². The molecule has 134 valence electrons. The molecular formula is C22H23NO2S. The highest BCUT2D eigenvalue weighted by Gasteiger charge is 2.25. The van der Waals surface area contributed by atoms with Crippen LogP contribution in [0.2, 0.25) is 0 Å². The smallest absolute Gasteiger partial charge is 0.264 e. The van der Waals surface area contributed by atoms with Crippen molar-refractivity contribution in [1.29, 1.82) is 0 Å². The molecule has 3 nitrogen and oxygen atoms in total. The van der Waals surface area contributed by atoms with Gasteiger partial charge in [0.2, 0.25) is 0 Å². The first-order valence-electron chi connectivity index (χ1n) is 8.55. The Morgan fingerprint density at radius 1 is 0.923 bits per heavy atom. The topological polar surface area (TPSA) is 37.4 Å². The molecule has 4 heteroatoms. The van der Waals surface area contributed by atoms with E-state index in [2.05, 4.69) is 25.6 Å². The first-order chi connectivity index (χ1) is 12.3. The van der Waals surface area contributed by atoms with E-state index < -0.39 is 10.0 Å². The number of rotatable bonds is 4. The SMILES string of the molecule is C=C1CC(/C=C/c2ccc(C)cc2)=CN(S(=O)(=O)c2ccc(C)cc2)C1. The van der Waals surface area contributed by atoms with Crippen LogP contribution in [-0.2, 0) is 10.0 Å². The quantitative estimate of drug-likeness (QED) is 0.726. The highest BCUT2D eigenvalue weighted by molar-refractivity contribution is 7.89. The maximum Gasteiger partial charge on any atom is 0.264 e. The molecule has 1 aliphatic heterocycles. The third kappa shape index (κ3) is 4.14. The van der Waals surface area contributed by atoms with Crippen molar-refractivity contribution in [2.24, 2.45) is 0 Å². The van der Waals surface area contributed by atoms with Crippen LogP contribution in [0.4, 0.5) is 0 Å². The van der Waals surface area contributed by atoms with Gasteiger partial charge in [0.15, 0.2) is 0 Å². The van der Waals surface area contributed by atoms with Gasteiger partial charge in [-0.15, -0.1) is 0 Å². The summed E-state index contributed by atoms with van der Waals surface area (Å²) in [6.07, 6.45) is 6.37. The number of allylic oxidation sites excluding steroid dienone is 2. The number of hydrogen-bond donors (Lipinski definition) is 0. The van der Waals surface area contributed by atoms with Crippen molar-refractivity contribution in [2.45, 2.75) is 25.2 Å². The van der Waals surface area contributed by atoms with E-state index in [0.29, 0.717) is 17.9 Å². The van der Waals surface area contributed by atoms with Crippen molar-refractivity contribution in [3.8, 4) is 0 Å². The summed E-state index contributed by atoms with van der Waals surface area (Å²) >= 11 is 0. The lowest BCUT2D eigenvalue weighted by Gasteiger charge is -2.27. The molecule has 0 saturated carbocycles. The molecule has 0 spiro atoms. The van der Waals surface area contributed by atoms with E-state index in [4.69, 9.17) is 0 Å². The molecule has 0 aliphatic carbocycles. The lowest BCUT2D eigenvalue weighted by Crippen LogP contribution is -2.30. The molecule has 0 radical (unpaired) electrons. The van der Waals surface area contributed by atoms with Crippen LogP contribution in [0.1, 0.15) is 23.1 Å². The van der Waals surface area contributed by atoms with Crippen LogP contribution < -0.4 is 0 Å². The van der Waals surface area contributed by atoms with Gasteiger partial charge in [0.1, 0.15) is 0 Å². The lowest BCUT2D eigenvalue weighted by atomic mass is 10.0. The first-order valence-corrected chi connectivity index (χ1v) is 9.99. The molecule has 2 aromatic carbocycles. The van der Waals surface area contributed by atoms with Crippen molar-refractivity contribution < 1.29 is 8.42 Å². The highest BCUT2D eigenvalue weighted by Crippen LogP contribution is 2.26. The molecule has 1 heterocycles. The van der Waals surface area contributed by atoms with Gasteiger partial charge >= 0.3 is 0 Å². The highest BCUT2D eigenvalue weighted by atomic mass is 32.2. The number of hydrogen-bond acceptors (Lipinski definition) is 2. The fourth-order valence-electron chi connectivity index (χ4n) is 2.82. The van der Waals surface area contributed by atoms with Crippen molar-refractivity contribution >= 4 is 16.1 Å². The monoisotopic (exact) mass is 365 g/mol. The fraction of sp³-hybridized carbons (Fsp3) is 0.182. The maximum atomic E-state index is 12.9. The summed E-state index contributed by atoms with van der Waals surface area (Å²) in [4.78, 5) is 0.302.